The summed E-state index contributed by atoms with van der Waals surface area (Å²) < 4.78 is 23.2. The van der Waals surface area contributed by atoms with E-state index in [1.54, 1.807) is 0 Å². The highest BCUT2D eigenvalue weighted by Crippen LogP contribution is 2.38. The second kappa shape index (κ2) is 5.27. The largest absolute Gasteiger partial charge is 0.481 e. The van der Waals surface area contributed by atoms with Crippen LogP contribution in [0.3, 0.4) is 0 Å². The van der Waals surface area contributed by atoms with Crippen LogP contribution < -0.4 is 0 Å². The van der Waals surface area contributed by atoms with Crippen LogP contribution in [0.5, 0.6) is 0 Å². The summed E-state index contributed by atoms with van der Waals surface area (Å²) in [6, 6.07) is 3.73. The first-order valence-electron chi connectivity index (χ1n) is 6.02. The van der Waals surface area contributed by atoms with Crippen molar-refractivity contribution in [1.29, 1.82) is 0 Å². The number of rotatable bonds is 4. The number of benzene rings is 1. The van der Waals surface area contributed by atoms with E-state index in [1.807, 2.05) is 0 Å². The van der Waals surface area contributed by atoms with Crippen molar-refractivity contribution in [2.75, 3.05) is 11.5 Å². The lowest BCUT2D eigenvalue weighted by atomic mass is 9.81. The molecule has 1 saturated heterocycles. The number of non-ortho nitro benzene ring substituents is 1. The Bertz CT molecular complexity index is 716. The SMILES string of the molecule is O=C(O)C1(Cc2ccc([N+](=O)[O-])cc2Cl)CCS(=O)(=O)C1. The van der Waals surface area contributed by atoms with Gasteiger partial charge in [0.05, 0.1) is 26.9 Å². The van der Waals surface area contributed by atoms with E-state index in [2.05, 4.69) is 0 Å². The summed E-state index contributed by atoms with van der Waals surface area (Å²) in [4.78, 5) is 21.5. The van der Waals surface area contributed by atoms with Gasteiger partial charge in [0.25, 0.3) is 5.69 Å². The monoisotopic (exact) mass is 333 g/mol. The molecule has 0 spiro atoms. The molecule has 0 saturated carbocycles. The predicted octanol–water partition coefficient (Wildman–Crippen LogP) is 1.68. The van der Waals surface area contributed by atoms with E-state index < -0.39 is 31.9 Å². The fraction of sp³-hybridized carbons (Fsp3) is 0.417. The summed E-state index contributed by atoms with van der Waals surface area (Å²) in [7, 11) is -3.39. The van der Waals surface area contributed by atoms with Crippen LogP contribution in [-0.2, 0) is 21.1 Å². The molecule has 9 heteroatoms. The Morgan fingerprint density at radius 3 is 2.57 bits per heavy atom. The molecule has 1 aromatic carbocycles. The standard InChI is InChI=1S/C12H12ClNO6S/c13-10-5-9(14(17)18)2-1-8(10)6-12(11(15)16)3-4-21(19,20)7-12/h1-2,5H,3-4,6-7H2,(H,15,16). The van der Waals surface area contributed by atoms with Crippen molar-refractivity contribution in [2.24, 2.45) is 5.41 Å². The maximum Gasteiger partial charge on any atom is 0.311 e. The van der Waals surface area contributed by atoms with Gasteiger partial charge in [-0.2, -0.15) is 0 Å². The van der Waals surface area contributed by atoms with E-state index in [1.165, 1.54) is 12.1 Å². The zero-order chi connectivity index (χ0) is 15.8. The number of hydrogen-bond acceptors (Lipinski definition) is 5. The molecule has 1 N–H and O–H groups in total. The maximum atomic E-state index is 11.6. The van der Waals surface area contributed by atoms with Gasteiger partial charge in [0, 0.05) is 12.1 Å². The molecule has 0 aliphatic carbocycles. The zero-order valence-corrected chi connectivity index (χ0v) is 12.4. The van der Waals surface area contributed by atoms with Gasteiger partial charge in [0.1, 0.15) is 0 Å². The van der Waals surface area contributed by atoms with E-state index in [0.717, 1.165) is 6.07 Å². The van der Waals surface area contributed by atoms with Gasteiger partial charge in [-0.3, -0.25) is 14.9 Å². The average molecular weight is 334 g/mol. The Morgan fingerprint density at radius 2 is 2.14 bits per heavy atom. The Hall–Kier alpha value is -1.67. The lowest BCUT2D eigenvalue weighted by molar-refractivity contribution is -0.384. The van der Waals surface area contributed by atoms with Crippen molar-refractivity contribution in [3.05, 3.63) is 38.9 Å². The predicted molar refractivity (Wildman–Crippen MR) is 75.2 cm³/mol. The van der Waals surface area contributed by atoms with Gasteiger partial charge in [-0.1, -0.05) is 17.7 Å². The highest BCUT2D eigenvalue weighted by atomic mass is 35.5. The highest BCUT2D eigenvalue weighted by molar-refractivity contribution is 7.91. The number of carboxylic acid groups (broad SMARTS) is 1. The number of sulfone groups is 1. The number of carbonyl (C=O) groups is 1. The molecule has 1 aliphatic heterocycles. The number of hydrogen-bond donors (Lipinski definition) is 1. The Balaban J connectivity index is 2.35. The van der Waals surface area contributed by atoms with Gasteiger partial charge in [-0.05, 0) is 18.4 Å². The summed E-state index contributed by atoms with van der Waals surface area (Å²) in [6.07, 6.45) is -0.0592. The first-order valence-corrected chi connectivity index (χ1v) is 8.22. The van der Waals surface area contributed by atoms with Crippen molar-refractivity contribution < 1.29 is 23.2 Å². The molecule has 7 nitrogen and oxygen atoms in total. The van der Waals surface area contributed by atoms with Gasteiger partial charge in [-0.15, -0.1) is 0 Å². The Labute approximate surface area is 125 Å². The molecule has 0 amide bonds. The van der Waals surface area contributed by atoms with Crippen LogP contribution in [0.25, 0.3) is 0 Å². The molecule has 114 valence electrons. The quantitative estimate of drug-likeness (QED) is 0.662. The normalized spacial score (nSPS) is 23.9. The van der Waals surface area contributed by atoms with E-state index in [-0.39, 0.29) is 29.3 Å². The van der Waals surface area contributed by atoms with E-state index in [4.69, 9.17) is 11.6 Å². The molecule has 1 unspecified atom stereocenters. The molecule has 0 aromatic heterocycles. The van der Waals surface area contributed by atoms with Gasteiger partial charge < -0.3 is 5.11 Å². The average Bonchev–Trinajstić information content (AvgIpc) is 2.68. The van der Waals surface area contributed by atoms with Crippen molar-refractivity contribution in [3.63, 3.8) is 0 Å². The highest BCUT2D eigenvalue weighted by Gasteiger charge is 2.48. The smallest absolute Gasteiger partial charge is 0.311 e. The van der Waals surface area contributed by atoms with E-state index in [9.17, 15) is 28.4 Å². The molecule has 2 rings (SSSR count). The molecule has 0 radical (unpaired) electrons. The molecular formula is C12H12ClNO6S. The molecule has 1 atom stereocenters. The number of nitro benzene ring substituents is 1. The molecule has 0 bridgehead atoms. The van der Waals surface area contributed by atoms with Crippen molar-refractivity contribution in [1.82, 2.24) is 0 Å². The van der Waals surface area contributed by atoms with Crippen LogP contribution in [0.4, 0.5) is 5.69 Å². The summed E-state index contributed by atoms with van der Waals surface area (Å²) in [5.41, 5.74) is -1.23. The third-order valence-corrected chi connectivity index (χ3v) is 5.79. The number of nitro groups is 1. The second-order valence-corrected chi connectivity index (χ2v) is 7.73. The third-order valence-electron chi connectivity index (χ3n) is 3.62. The Morgan fingerprint density at radius 1 is 1.48 bits per heavy atom. The number of nitrogens with zero attached hydrogens (tertiary/aromatic N) is 1. The first-order chi connectivity index (χ1) is 9.65. The van der Waals surface area contributed by atoms with Crippen LogP contribution >= 0.6 is 11.6 Å². The molecule has 1 fully saturated rings. The van der Waals surface area contributed by atoms with Crippen molar-refractivity contribution in [2.45, 2.75) is 12.8 Å². The maximum absolute atomic E-state index is 11.6. The second-order valence-electron chi connectivity index (χ2n) is 5.14. The molecule has 1 heterocycles. The molecule has 1 aliphatic rings. The fourth-order valence-electron chi connectivity index (χ4n) is 2.46. The number of carboxylic acids is 1. The van der Waals surface area contributed by atoms with Crippen molar-refractivity contribution in [3.8, 4) is 0 Å². The van der Waals surface area contributed by atoms with Gasteiger partial charge in [0.15, 0.2) is 9.84 Å². The molecule has 21 heavy (non-hydrogen) atoms. The minimum atomic E-state index is -3.39. The third kappa shape index (κ3) is 3.16. The summed E-state index contributed by atoms with van der Waals surface area (Å²) in [5.74, 6) is -1.81. The Kier molecular flexibility index (Phi) is 3.94. The van der Waals surface area contributed by atoms with Gasteiger partial charge in [-0.25, -0.2) is 8.42 Å². The van der Waals surface area contributed by atoms with Crippen LogP contribution in [0.15, 0.2) is 18.2 Å². The van der Waals surface area contributed by atoms with Gasteiger partial charge in [0.2, 0.25) is 0 Å². The van der Waals surface area contributed by atoms with Crippen LogP contribution in [0, 0.1) is 15.5 Å². The summed E-state index contributed by atoms with van der Waals surface area (Å²) in [5, 5.41) is 20.1. The zero-order valence-electron chi connectivity index (χ0n) is 10.8. The molecular weight excluding hydrogens is 322 g/mol. The summed E-state index contributed by atoms with van der Waals surface area (Å²) in [6.45, 7) is 0. The van der Waals surface area contributed by atoms with Crippen LogP contribution in [0.2, 0.25) is 5.02 Å². The summed E-state index contributed by atoms with van der Waals surface area (Å²) >= 11 is 5.94. The van der Waals surface area contributed by atoms with Crippen LogP contribution in [-0.4, -0.2) is 35.9 Å². The van der Waals surface area contributed by atoms with E-state index in [0.29, 0.717) is 5.56 Å². The number of halogens is 1. The molecule has 1 aromatic rings. The lowest BCUT2D eigenvalue weighted by Gasteiger charge is -2.22. The van der Waals surface area contributed by atoms with Crippen molar-refractivity contribution >= 4 is 33.1 Å². The minimum absolute atomic E-state index is 0.0119. The van der Waals surface area contributed by atoms with E-state index >= 15 is 0 Å². The lowest BCUT2D eigenvalue weighted by Crippen LogP contribution is -2.34. The topological polar surface area (TPSA) is 115 Å². The van der Waals surface area contributed by atoms with Crippen LogP contribution in [0.1, 0.15) is 12.0 Å². The van der Waals surface area contributed by atoms with Gasteiger partial charge >= 0.3 is 5.97 Å². The fourth-order valence-corrected chi connectivity index (χ4v) is 4.76. The first kappa shape index (κ1) is 15.7. The number of aliphatic carboxylic acids is 1. The minimum Gasteiger partial charge on any atom is -0.481 e.